The summed E-state index contributed by atoms with van der Waals surface area (Å²) in [5.74, 6) is 0.743. The smallest absolute Gasteiger partial charge is 0.237 e. The van der Waals surface area contributed by atoms with Crippen LogP contribution in [-0.4, -0.2) is 33.9 Å². The maximum atomic E-state index is 12.5. The van der Waals surface area contributed by atoms with E-state index in [0.29, 0.717) is 12.4 Å². The fraction of sp³-hybridized carbons (Fsp3) is 0.389. The molecule has 0 bridgehead atoms. The monoisotopic (exact) mass is 312 g/mol. The summed E-state index contributed by atoms with van der Waals surface area (Å²) in [6, 6.07) is 11.8. The number of amides is 1. The van der Waals surface area contributed by atoms with Crippen molar-refractivity contribution in [2.24, 2.45) is 0 Å². The van der Waals surface area contributed by atoms with Crippen LogP contribution in [0.3, 0.4) is 0 Å². The third-order valence-electron chi connectivity index (χ3n) is 3.77. The average molecular weight is 312 g/mol. The fourth-order valence-electron chi connectivity index (χ4n) is 2.58. The van der Waals surface area contributed by atoms with Crippen molar-refractivity contribution >= 4 is 5.91 Å². The van der Waals surface area contributed by atoms with Gasteiger partial charge in [0.15, 0.2) is 0 Å². The Kier molecular flexibility index (Phi) is 6.23. The van der Waals surface area contributed by atoms with Crippen LogP contribution in [0.2, 0.25) is 0 Å². The molecule has 5 nitrogen and oxygen atoms in total. The van der Waals surface area contributed by atoms with Crippen LogP contribution in [0, 0.1) is 6.92 Å². The second-order valence-electron chi connectivity index (χ2n) is 5.64. The van der Waals surface area contributed by atoms with Crippen molar-refractivity contribution in [1.29, 1.82) is 0 Å². The molecular formula is C18H24N4O. The highest BCUT2D eigenvalue weighted by Gasteiger charge is 2.21. The number of aryl methyl sites for hydroxylation is 1. The lowest BCUT2D eigenvalue weighted by atomic mass is 10.1. The molecule has 1 amide bonds. The first kappa shape index (κ1) is 17.1. The van der Waals surface area contributed by atoms with Crippen molar-refractivity contribution < 1.29 is 4.79 Å². The van der Waals surface area contributed by atoms with Gasteiger partial charge in [-0.05, 0) is 32.0 Å². The van der Waals surface area contributed by atoms with Crippen LogP contribution < -0.4 is 5.32 Å². The number of nitrogens with one attached hydrogen (secondary N) is 1. The molecule has 1 unspecified atom stereocenters. The maximum absolute atomic E-state index is 12.5. The van der Waals surface area contributed by atoms with E-state index in [1.165, 1.54) is 5.56 Å². The highest BCUT2D eigenvalue weighted by molar-refractivity contribution is 5.81. The number of rotatable bonds is 7. The molecule has 1 heterocycles. The van der Waals surface area contributed by atoms with Crippen LogP contribution in [0.15, 0.2) is 42.6 Å². The van der Waals surface area contributed by atoms with Crippen molar-refractivity contribution in [3.05, 3.63) is 59.7 Å². The van der Waals surface area contributed by atoms with E-state index in [4.69, 9.17) is 0 Å². The molecule has 0 aliphatic carbocycles. The first-order valence-electron chi connectivity index (χ1n) is 7.90. The first-order chi connectivity index (χ1) is 11.1. The van der Waals surface area contributed by atoms with Crippen LogP contribution in [0.1, 0.15) is 30.4 Å². The van der Waals surface area contributed by atoms with Crippen LogP contribution in [0.4, 0.5) is 0 Å². The van der Waals surface area contributed by atoms with Gasteiger partial charge in [0.05, 0.1) is 18.3 Å². The lowest BCUT2D eigenvalue weighted by Crippen LogP contribution is -2.44. The largest absolute Gasteiger partial charge is 0.349 e. The van der Waals surface area contributed by atoms with Gasteiger partial charge < -0.3 is 5.32 Å². The van der Waals surface area contributed by atoms with Crippen molar-refractivity contribution in [2.75, 3.05) is 7.05 Å². The topological polar surface area (TPSA) is 58.1 Å². The molecule has 2 aromatic rings. The molecule has 1 atom stereocenters. The minimum Gasteiger partial charge on any atom is -0.349 e. The molecule has 0 aliphatic rings. The minimum atomic E-state index is -0.154. The number of hydrogen-bond acceptors (Lipinski definition) is 4. The summed E-state index contributed by atoms with van der Waals surface area (Å²) in [6.45, 7) is 5.05. The van der Waals surface area contributed by atoms with Gasteiger partial charge in [0.2, 0.25) is 5.91 Å². The van der Waals surface area contributed by atoms with Gasteiger partial charge in [-0.2, -0.15) is 0 Å². The predicted octanol–water partition coefficient (Wildman–Crippen LogP) is 2.31. The molecular weight excluding hydrogens is 288 g/mol. The number of nitrogens with zero attached hydrogens (tertiary/aromatic N) is 3. The highest BCUT2D eigenvalue weighted by Crippen LogP contribution is 2.09. The maximum Gasteiger partial charge on any atom is 0.237 e. The first-order valence-corrected chi connectivity index (χ1v) is 7.90. The van der Waals surface area contributed by atoms with Gasteiger partial charge in [0.1, 0.15) is 5.82 Å². The number of hydrogen-bond donors (Lipinski definition) is 1. The van der Waals surface area contributed by atoms with E-state index in [-0.39, 0.29) is 11.9 Å². The molecule has 0 saturated heterocycles. The van der Waals surface area contributed by atoms with Gasteiger partial charge in [-0.1, -0.05) is 37.3 Å². The van der Waals surface area contributed by atoms with E-state index >= 15 is 0 Å². The minimum absolute atomic E-state index is 0.0298. The Bertz CT molecular complexity index is 630. The predicted molar refractivity (Wildman–Crippen MR) is 90.6 cm³/mol. The zero-order chi connectivity index (χ0) is 16.7. The molecule has 0 spiro atoms. The molecule has 23 heavy (non-hydrogen) atoms. The number of carbonyl (C=O) groups excluding carboxylic acids is 1. The van der Waals surface area contributed by atoms with E-state index in [2.05, 4.69) is 32.3 Å². The normalized spacial score (nSPS) is 12.2. The fourth-order valence-corrected chi connectivity index (χ4v) is 2.58. The summed E-state index contributed by atoms with van der Waals surface area (Å²) < 4.78 is 0. The summed E-state index contributed by atoms with van der Waals surface area (Å²) in [4.78, 5) is 22.9. The SMILES string of the molecule is CCC(C(=O)NCc1ccnc(C)n1)N(C)Cc1ccccc1. The van der Waals surface area contributed by atoms with Crippen molar-refractivity contribution in [1.82, 2.24) is 20.2 Å². The second kappa shape index (κ2) is 8.39. The lowest BCUT2D eigenvalue weighted by molar-refractivity contribution is -0.126. The molecule has 122 valence electrons. The highest BCUT2D eigenvalue weighted by atomic mass is 16.2. The number of likely N-dealkylation sites (N-methyl/N-ethyl adjacent to an activating group) is 1. The van der Waals surface area contributed by atoms with Gasteiger partial charge in [0.25, 0.3) is 0 Å². The van der Waals surface area contributed by atoms with Crippen LogP contribution >= 0.6 is 0 Å². The Morgan fingerprint density at radius 1 is 1.26 bits per heavy atom. The van der Waals surface area contributed by atoms with Gasteiger partial charge >= 0.3 is 0 Å². The summed E-state index contributed by atoms with van der Waals surface area (Å²) in [7, 11) is 1.98. The molecule has 0 saturated carbocycles. The van der Waals surface area contributed by atoms with E-state index in [9.17, 15) is 4.79 Å². The summed E-state index contributed by atoms with van der Waals surface area (Å²) >= 11 is 0. The quantitative estimate of drug-likeness (QED) is 0.852. The average Bonchev–Trinajstić information content (AvgIpc) is 2.54. The third-order valence-corrected chi connectivity index (χ3v) is 3.77. The summed E-state index contributed by atoms with van der Waals surface area (Å²) in [5, 5.41) is 2.97. The van der Waals surface area contributed by atoms with E-state index in [1.807, 2.05) is 45.2 Å². The Balaban J connectivity index is 1.92. The zero-order valence-corrected chi connectivity index (χ0v) is 14.0. The molecule has 0 radical (unpaired) electrons. The van der Waals surface area contributed by atoms with Gasteiger partial charge in [0, 0.05) is 12.7 Å². The lowest BCUT2D eigenvalue weighted by Gasteiger charge is -2.26. The second-order valence-corrected chi connectivity index (χ2v) is 5.64. The Morgan fingerprint density at radius 2 is 2.00 bits per heavy atom. The van der Waals surface area contributed by atoms with Crippen molar-refractivity contribution in [3.8, 4) is 0 Å². The van der Waals surface area contributed by atoms with E-state index in [0.717, 1.165) is 18.7 Å². The van der Waals surface area contributed by atoms with Crippen molar-refractivity contribution in [3.63, 3.8) is 0 Å². The molecule has 5 heteroatoms. The Hall–Kier alpha value is -2.27. The molecule has 0 aliphatic heterocycles. The Labute approximate surface area is 137 Å². The van der Waals surface area contributed by atoms with Gasteiger partial charge in [-0.3, -0.25) is 9.69 Å². The number of carbonyl (C=O) groups is 1. The standard InChI is InChI=1S/C18H24N4O/c1-4-17(22(3)13-15-8-6-5-7-9-15)18(23)20-12-16-10-11-19-14(2)21-16/h5-11,17H,4,12-13H2,1-3H3,(H,20,23). The summed E-state index contributed by atoms with van der Waals surface area (Å²) in [6.07, 6.45) is 2.47. The van der Waals surface area contributed by atoms with Crippen molar-refractivity contribution in [2.45, 2.75) is 39.4 Å². The van der Waals surface area contributed by atoms with Crippen LogP contribution in [0.5, 0.6) is 0 Å². The van der Waals surface area contributed by atoms with E-state index < -0.39 is 0 Å². The number of aromatic nitrogens is 2. The number of benzene rings is 1. The van der Waals surface area contributed by atoms with Gasteiger partial charge in [-0.15, -0.1) is 0 Å². The van der Waals surface area contributed by atoms with Gasteiger partial charge in [-0.25, -0.2) is 9.97 Å². The zero-order valence-electron chi connectivity index (χ0n) is 14.0. The molecule has 1 aromatic carbocycles. The van der Waals surface area contributed by atoms with E-state index in [1.54, 1.807) is 6.20 Å². The molecule has 1 aromatic heterocycles. The summed E-state index contributed by atoms with van der Waals surface area (Å²) in [5.41, 5.74) is 2.03. The van der Waals surface area contributed by atoms with Crippen LogP contribution in [-0.2, 0) is 17.9 Å². The Morgan fingerprint density at radius 3 is 2.65 bits per heavy atom. The third kappa shape index (κ3) is 5.14. The van der Waals surface area contributed by atoms with Crippen LogP contribution in [0.25, 0.3) is 0 Å². The molecule has 0 fully saturated rings. The molecule has 1 N–H and O–H groups in total. The molecule has 2 rings (SSSR count).